The number of likely N-dealkylation sites (tertiary alicyclic amines) is 1. The van der Waals surface area contributed by atoms with Crippen molar-refractivity contribution in [2.24, 2.45) is 5.92 Å². The van der Waals surface area contributed by atoms with Crippen LogP contribution in [0.1, 0.15) is 34.1 Å². The Morgan fingerprint density at radius 3 is 2.53 bits per heavy atom. The maximum Gasteiger partial charge on any atom is 0.329 e. The van der Waals surface area contributed by atoms with Gasteiger partial charge in [0.2, 0.25) is 5.91 Å². The van der Waals surface area contributed by atoms with E-state index in [1.54, 1.807) is 23.6 Å². The molecule has 0 aliphatic carbocycles. The highest BCUT2D eigenvalue weighted by Gasteiger charge is 2.45. The standard InChI is InChI=1S/C12H21NO3S/c1-5-16-12(15)11-8(3)7-10(17-6-2)13(11)9(4)14/h8,10-11H,5-7H2,1-4H3/t8-,10?,11+/m1/s1. The Morgan fingerprint density at radius 1 is 1.41 bits per heavy atom. The van der Waals surface area contributed by atoms with Crippen molar-refractivity contribution in [3.63, 3.8) is 0 Å². The van der Waals surface area contributed by atoms with Crippen molar-refractivity contribution in [2.45, 2.75) is 45.5 Å². The zero-order valence-corrected chi connectivity index (χ0v) is 11.8. The van der Waals surface area contributed by atoms with Crippen molar-refractivity contribution in [2.75, 3.05) is 12.4 Å². The zero-order valence-electron chi connectivity index (χ0n) is 10.9. The second-order valence-corrected chi connectivity index (χ2v) is 5.70. The van der Waals surface area contributed by atoms with E-state index in [0.717, 1.165) is 12.2 Å². The lowest BCUT2D eigenvalue weighted by Gasteiger charge is -2.28. The van der Waals surface area contributed by atoms with E-state index in [9.17, 15) is 9.59 Å². The molecule has 0 bridgehead atoms. The van der Waals surface area contributed by atoms with Crippen LogP contribution in [0.25, 0.3) is 0 Å². The van der Waals surface area contributed by atoms with Crippen LogP contribution in [0.2, 0.25) is 0 Å². The molecule has 98 valence electrons. The van der Waals surface area contributed by atoms with Crippen molar-refractivity contribution >= 4 is 23.6 Å². The summed E-state index contributed by atoms with van der Waals surface area (Å²) >= 11 is 1.72. The van der Waals surface area contributed by atoms with Gasteiger partial charge in [-0.3, -0.25) is 4.79 Å². The summed E-state index contributed by atoms with van der Waals surface area (Å²) in [5, 5.41) is 0.113. The van der Waals surface area contributed by atoms with Gasteiger partial charge in [-0.1, -0.05) is 13.8 Å². The number of carbonyl (C=O) groups excluding carboxylic acids is 2. The van der Waals surface area contributed by atoms with Crippen molar-refractivity contribution in [1.29, 1.82) is 0 Å². The topological polar surface area (TPSA) is 46.6 Å². The molecule has 1 unspecified atom stereocenters. The number of rotatable bonds is 4. The third-order valence-corrected chi connectivity index (χ3v) is 4.11. The van der Waals surface area contributed by atoms with Crippen molar-refractivity contribution in [3.05, 3.63) is 0 Å². The van der Waals surface area contributed by atoms with Crippen LogP contribution in [0, 0.1) is 5.92 Å². The Bertz CT molecular complexity index is 295. The van der Waals surface area contributed by atoms with E-state index in [1.165, 1.54) is 6.92 Å². The number of thioether (sulfide) groups is 1. The fraction of sp³-hybridized carbons (Fsp3) is 0.833. The number of carbonyl (C=O) groups is 2. The summed E-state index contributed by atoms with van der Waals surface area (Å²) in [7, 11) is 0. The Kier molecular flexibility index (Phi) is 5.31. The summed E-state index contributed by atoms with van der Waals surface area (Å²) < 4.78 is 5.06. The summed E-state index contributed by atoms with van der Waals surface area (Å²) in [6.45, 7) is 7.74. The fourth-order valence-corrected chi connectivity index (χ4v) is 3.59. The van der Waals surface area contributed by atoms with Crippen LogP contribution in [0.15, 0.2) is 0 Å². The quantitative estimate of drug-likeness (QED) is 0.723. The third kappa shape index (κ3) is 3.15. The van der Waals surface area contributed by atoms with Crippen LogP contribution in [-0.2, 0) is 14.3 Å². The van der Waals surface area contributed by atoms with Crippen LogP contribution in [0.5, 0.6) is 0 Å². The van der Waals surface area contributed by atoms with E-state index in [1.807, 2.05) is 6.92 Å². The van der Waals surface area contributed by atoms with E-state index in [0.29, 0.717) is 6.61 Å². The van der Waals surface area contributed by atoms with E-state index in [4.69, 9.17) is 4.74 Å². The average molecular weight is 259 g/mol. The van der Waals surface area contributed by atoms with Gasteiger partial charge in [0, 0.05) is 6.92 Å². The minimum atomic E-state index is -0.406. The first-order valence-corrected chi connectivity index (χ1v) is 7.14. The summed E-state index contributed by atoms with van der Waals surface area (Å²) in [5.41, 5.74) is 0. The van der Waals surface area contributed by atoms with Gasteiger partial charge in [-0.15, -0.1) is 11.8 Å². The normalized spacial score (nSPS) is 28.2. The zero-order chi connectivity index (χ0) is 13.0. The SMILES string of the molecule is CCOC(=O)[C@@H]1[C@H](C)CC(SCC)N1C(C)=O. The minimum Gasteiger partial charge on any atom is -0.464 e. The van der Waals surface area contributed by atoms with Crippen molar-refractivity contribution < 1.29 is 14.3 Å². The number of amides is 1. The Labute approximate surface area is 107 Å². The number of hydrogen-bond acceptors (Lipinski definition) is 4. The smallest absolute Gasteiger partial charge is 0.329 e. The molecule has 1 fully saturated rings. The highest BCUT2D eigenvalue weighted by Crippen LogP contribution is 2.36. The first kappa shape index (κ1) is 14.4. The summed E-state index contributed by atoms with van der Waals surface area (Å²) in [4.78, 5) is 25.3. The molecular formula is C12H21NO3S. The third-order valence-electron chi connectivity index (χ3n) is 2.97. The molecule has 1 amide bonds. The van der Waals surface area contributed by atoms with Gasteiger partial charge >= 0.3 is 5.97 Å². The lowest BCUT2D eigenvalue weighted by atomic mass is 10.0. The maximum atomic E-state index is 11.9. The summed E-state index contributed by atoms with van der Waals surface area (Å²) in [6.07, 6.45) is 0.863. The van der Waals surface area contributed by atoms with Crippen LogP contribution < -0.4 is 0 Å². The number of ether oxygens (including phenoxy) is 1. The largest absolute Gasteiger partial charge is 0.464 e. The minimum absolute atomic E-state index is 0.0432. The molecule has 0 spiro atoms. The first-order valence-electron chi connectivity index (χ1n) is 6.10. The molecule has 4 nitrogen and oxygen atoms in total. The van der Waals surface area contributed by atoms with Crippen LogP contribution in [-0.4, -0.2) is 40.6 Å². The molecule has 1 heterocycles. The maximum absolute atomic E-state index is 11.9. The van der Waals surface area contributed by atoms with Gasteiger partial charge in [0.25, 0.3) is 0 Å². The van der Waals surface area contributed by atoms with Gasteiger partial charge in [0.05, 0.1) is 12.0 Å². The molecule has 0 aromatic carbocycles. The second-order valence-electron chi connectivity index (χ2n) is 4.25. The van der Waals surface area contributed by atoms with Gasteiger partial charge in [-0.05, 0) is 25.0 Å². The molecule has 0 aromatic heterocycles. The molecule has 1 rings (SSSR count). The molecule has 3 atom stereocenters. The average Bonchev–Trinajstić information content (AvgIpc) is 2.56. The molecule has 5 heteroatoms. The molecule has 0 radical (unpaired) electrons. The number of hydrogen-bond donors (Lipinski definition) is 0. The van der Waals surface area contributed by atoms with Crippen LogP contribution >= 0.6 is 11.8 Å². The van der Waals surface area contributed by atoms with Gasteiger partial charge in [0.15, 0.2) is 0 Å². The second kappa shape index (κ2) is 6.28. The molecule has 1 aliphatic heterocycles. The molecule has 0 N–H and O–H groups in total. The van der Waals surface area contributed by atoms with E-state index in [2.05, 4.69) is 6.92 Å². The number of esters is 1. The monoisotopic (exact) mass is 259 g/mol. The predicted octanol–water partition coefficient (Wildman–Crippen LogP) is 1.89. The first-order chi connectivity index (χ1) is 8.02. The number of nitrogens with zero attached hydrogens (tertiary/aromatic N) is 1. The van der Waals surface area contributed by atoms with E-state index in [-0.39, 0.29) is 23.2 Å². The van der Waals surface area contributed by atoms with Crippen LogP contribution in [0.3, 0.4) is 0 Å². The van der Waals surface area contributed by atoms with Gasteiger partial charge in [0.1, 0.15) is 6.04 Å². The van der Waals surface area contributed by atoms with Crippen molar-refractivity contribution in [3.8, 4) is 0 Å². The summed E-state index contributed by atoms with van der Waals surface area (Å²) in [5.74, 6) is 0.797. The highest BCUT2D eigenvalue weighted by atomic mass is 32.2. The van der Waals surface area contributed by atoms with Gasteiger partial charge in [-0.25, -0.2) is 4.79 Å². The molecule has 1 saturated heterocycles. The Balaban J connectivity index is 2.85. The predicted molar refractivity (Wildman–Crippen MR) is 68.6 cm³/mol. The van der Waals surface area contributed by atoms with Gasteiger partial charge in [-0.2, -0.15) is 0 Å². The fourth-order valence-electron chi connectivity index (χ4n) is 2.33. The lowest BCUT2D eigenvalue weighted by Crippen LogP contribution is -2.45. The Morgan fingerprint density at radius 2 is 2.06 bits per heavy atom. The van der Waals surface area contributed by atoms with Crippen LogP contribution in [0.4, 0.5) is 0 Å². The highest BCUT2D eigenvalue weighted by molar-refractivity contribution is 7.99. The molecule has 0 saturated carbocycles. The van der Waals surface area contributed by atoms with Gasteiger partial charge < -0.3 is 9.64 Å². The lowest BCUT2D eigenvalue weighted by molar-refractivity contribution is -0.154. The molecule has 17 heavy (non-hydrogen) atoms. The van der Waals surface area contributed by atoms with E-state index >= 15 is 0 Å². The van der Waals surface area contributed by atoms with Crippen molar-refractivity contribution in [1.82, 2.24) is 4.90 Å². The Hall–Kier alpha value is -0.710. The molecule has 0 aromatic rings. The summed E-state index contributed by atoms with van der Waals surface area (Å²) in [6, 6.07) is -0.406. The van der Waals surface area contributed by atoms with E-state index < -0.39 is 6.04 Å². The molecular weight excluding hydrogens is 238 g/mol. The molecule has 1 aliphatic rings.